The number of hydrogen-bond acceptors (Lipinski definition) is 5. The molecule has 3 rings (SSSR count). The third kappa shape index (κ3) is 5.99. The molecule has 1 saturated carbocycles. The van der Waals surface area contributed by atoms with Crippen molar-refractivity contribution in [2.75, 3.05) is 31.8 Å². The fourth-order valence-corrected chi connectivity index (χ4v) is 4.35. The van der Waals surface area contributed by atoms with Crippen LogP contribution in [0, 0.1) is 5.92 Å². The number of carbonyl (C=O) groups excluding carboxylic acids is 1. The first-order valence-electron chi connectivity index (χ1n) is 10.1. The molecule has 0 atom stereocenters. The number of H-pyrrole nitrogens is 1. The van der Waals surface area contributed by atoms with Gasteiger partial charge in [-0.25, -0.2) is 4.98 Å². The molecule has 0 aliphatic heterocycles. The Hall–Kier alpha value is -2.02. The van der Waals surface area contributed by atoms with Crippen molar-refractivity contribution in [3.63, 3.8) is 0 Å². The van der Waals surface area contributed by atoms with Gasteiger partial charge >= 0.3 is 0 Å². The highest BCUT2D eigenvalue weighted by Gasteiger charge is 2.16. The van der Waals surface area contributed by atoms with Crippen molar-refractivity contribution in [2.45, 2.75) is 50.2 Å². The molecule has 1 aromatic carbocycles. The van der Waals surface area contributed by atoms with Gasteiger partial charge in [-0.1, -0.05) is 49.6 Å². The van der Waals surface area contributed by atoms with Crippen molar-refractivity contribution in [3.8, 4) is 0 Å². The predicted octanol–water partition coefficient (Wildman–Crippen LogP) is 3.74. The number of nitrogens with one attached hydrogen (secondary N) is 1. The van der Waals surface area contributed by atoms with Crippen LogP contribution in [-0.2, 0) is 17.8 Å². The molecule has 1 amide bonds. The number of aromatic amines is 1. The maximum atomic E-state index is 12.4. The van der Waals surface area contributed by atoms with E-state index in [-0.39, 0.29) is 5.91 Å². The van der Waals surface area contributed by atoms with Gasteiger partial charge in [-0.15, -0.1) is 5.10 Å². The van der Waals surface area contributed by atoms with Crippen molar-refractivity contribution in [1.82, 2.24) is 20.1 Å². The smallest absolute Gasteiger partial charge is 0.233 e. The number of nitrogens with zero attached hydrogens (tertiary/aromatic N) is 4. The Morgan fingerprint density at radius 2 is 1.89 bits per heavy atom. The average molecular weight is 402 g/mol. The monoisotopic (exact) mass is 401 g/mol. The largest absolute Gasteiger partial charge is 0.378 e. The van der Waals surface area contributed by atoms with Crippen LogP contribution >= 0.6 is 11.8 Å². The van der Waals surface area contributed by atoms with Crippen LogP contribution in [0.4, 0.5) is 5.69 Å². The second-order valence-electron chi connectivity index (χ2n) is 7.85. The van der Waals surface area contributed by atoms with Gasteiger partial charge < -0.3 is 9.80 Å². The van der Waals surface area contributed by atoms with Crippen LogP contribution in [0.15, 0.2) is 29.4 Å². The Morgan fingerprint density at radius 1 is 1.18 bits per heavy atom. The number of aryl methyl sites for hydroxylation is 1. The molecule has 1 aliphatic rings. The number of carbonyl (C=O) groups is 1. The standard InChI is InChI=1S/C21H31N5OS/c1-25(2)18-11-8-17(9-12-18)14-26(3)20(27)15-28-21-22-19(23-24-21)13-10-16-6-4-5-7-16/h8-9,11-12,16H,4-7,10,13-15H2,1-3H3,(H,22,23,24). The van der Waals surface area contributed by atoms with Crippen molar-refractivity contribution >= 4 is 23.4 Å². The summed E-state index contributed by atoms with van der Waals surface area (Å²) in [6.45, 7) is 0.605. The fraction of sp³-hybridized carbons (Fsp3) is 0.571. The first-order valence-corrected chi connectivity index (χ1v) is 11.0. The summed E-state index contributed by atoms with van der Waals surface area (Å²) in [6, 6.07) is 8.28. The lowest BCUT2D eigenvalue weighted by Gasteiger charge is -2.18. The van der Waals surface area contributed by atoms with E-state index in [9.17, 15) is 4.79 Å². The lowest BCUT2D eigenvalue weighted by atomic mass is 10.0. The quantitative estimate of drug-likeness (QED) is 0.649. The van der Waals surface area contributed by atoms with E-state index in [0.717, 1.165) is 29.4 Å². The molecular formula is C21H31N5OS. The molecule has 1 N–H and O–H groups in total. The minimum Gasteiger partial charge on any atom is -0.378 e. The Kier molecular flexibility index (Phi) is 7.36. The van der Waals surface area contributed by atoms with Gasteiger partial charge in [-0.05, 0) is 30.0 Å². The van der Waals surface area contributed by atoms with E-state index in [1.165, 1.54) is 43.9 Å². The van der Waals surface area contributed by atoms with Crippen LogP contribution < -0.4 is 4.90 Å². The molecule has 0 radical (unpaired) electrons. The first kappa shape index (κ1) is 20.7. The van der Waals surface area contributed by atoms with Gasteiger partial charge in [0.25, 0.3) is 0 Å². The van der Waals surface area contributed by atoms with Gasteiger partial charge in [0.1, 0.15) is 5.82 Å². The molecule has 2 aromatic rings. The number of aromatic nitrogens is 3. The second-order valence-corrected chi connectivity index (χ2v) is 8.80. The molecule has 1 aromatic heterocycles. The minimum absolute atomic E-state index is 0.0824. The van der Waals surface area contributed by atoms with E-state index >= 15 is 0 Å². The van der Waals surface area contributed by atoms with Crippen LogP contribution in [0.5, 0.6) is 0 Å². The van der Waals surface area contributed by atoms with Gasteiger partial charge in [-0.2, -0.15) is 0 Å². The molecule has 152 valence electrons. The normalized spacial score (nSPS) is 14.4. The van der Waals surface area contributed by atoms with Crippen LogP contribution in [0.25, 0.3) is 0 Å². The molecule has 0 bridgehead atoms. The summed E-state index contributed by atoms with van der Waals surface area (Å²) in [6.07, 6.45) is 7.60. The van der Waals surface area contributed by atoms with E-state index in [2.05, 4.69) is 44.3 Å². The molecule has 28 heavy (non-hydrogen) atoms. The topological polar surface area (TPSA) is 65.1 Å². The number of hydrogen-bond donors (Lipinski definition) is 1. The Labute approximate surface area is 172 Å². The summed E-state index contributed by atoms with van der Waals surface area (Å²) in [7, 11) is 5.88. The summed E-state index contributed by atoms with van der Waals surface area (Å²) < 4.78 is 0. The van der Waals surface area contributed by atoms with Gasteiger partial charge in [0.15, 0.2) is 0 Å². The number of rotatable bonds is 9. The van der Waals surface area contributed by atoms with Crippen LogP contribution in [-0.4, -0.2) is 52.9 Å². The molecule has 0 saturated heterocycles. The van der Waals surface area contributed by atoms with E-state index in [1.54, 1.807) is 4.90 Å². The molecule has 6 nitrogen and oxygen atoms in total. The van der Waals surface area contributed by atoms with Crippen LogP contribution in [0.3, 0.4) is 0 Å². The summed E-state index contributed by atoms with van der Waals surface area (Å²) in [5, 5.41) is 7.95. The van der Waals surface area contributed by atoms with Crippen LogP contribution in [0.2, 0.25) is 0 Å². The molecule has 7 heteroatoms. The zero-order chi connectivity index (χ0) is 19.9. The Bertz CT molecular complexity index is 752. The van der Waals surface area contributed by atoms with Crippen molar-refractivity contribution in [1.29, 1.82) is 0 Å². The lowest BCUT2D eigenvalue weighted by molar-refractivity contribution is -0.127. The van der Waals surface area contributed by atoms with Gasteiger partial charge in [0.05, 0.1) is 5.75 Å². The van der Waals surface area contributed by atoms with Gasteiger partial charge in [-0.3, -0.25) is 9.89 Å². The number of benzene rings is 1. The lowest BCUT2D eigenvalue weighted by Crippen LogP contribution is -2.27. The Balaban J connectivity index is 1.41. The van der Waals surface area contributed by atoms with Crippen molar-refractivity contribution in [2.24, 2.45) is 5.92 Å². The van der Waals surface area contributed by atoms with Gasteiger partial charge in [0.2, 0.25) is 11.1 Å². The van der Waals surface area contributed by atoms with E-state index < -0.39 is 0 Å². The molecular weight excluding hydrogens is 370 g/mol. The third-order valence-electron chi connectivity index (χ3n) is 5.40. The summed E-state index contributed by atoms with van der Waals surface area (Å²) >= 11 is 1.40. The highest BCUT2D eigenvalue weighted by Crippen LogP contribution is 2.28. The third-order valence-corrected chi connectivity index (χ3v) is 6.23. The zero-order valence-electron chi connectivity index (χ0n) is 17.1. The van der Waals surface area contributed by atoms with Crippen LogP contribution in [0.1, 0.15) is 43.5 Å². The number of anilines is 1. The van der Waals surface area contributed by atoms with E-state index in [1.807, 2.05) is 21.1 Å². The molecule has 1 aliphatic carbocycles. The summed E-state index contributed by atoms with van der Waals surface area (Å²) in [5.41, 5.74) is 2.28. The maximum absolute atomic E-state index is 12.4. The van der Waals surface area contributed by atoms with E-state index in [0.29, 0.717) is 17.5 Å². The van der Waals surface area contributed by atoms with Gasteiger partial charge in [0, 0.05) is 39.8 Å². The molecule has 0 unspecified atom stereocenters. The minimum atomic E-state index is 0.0824. The molecule has 0 spiro atoms. The molecule has 1 fully saturated rings. The summed E-state index contributed by atoms with van der Waals surface area (Å²) in [4.78, 5) is 20.8. The Morgan fingerprint density at radius 3 is 2.57 bits per heavy atom. The predicted molar refractivity (Wildman–Crippen MR) is 115 cm³/mol. The highest BCUT2D eigenvalue weighted by atomic mass is 32.2. The average Bonchev–Trinajstić information content (AvgIpc) is 3.36. The second kappa shape index (κ2) is 9.96. The first-order chi connectivity index (χ1) is 13.5. The van der Waals surface area contributed by atoms with Crippen molar-refractivity contribution < 1.29 is 4.79 Å². The SMILES string of the molecule is CN(Cc1ccc(N(C)C)cc1)C(=O)CSc1n[nH]c(CCC2CCCC2)n1. The fourth-order valence-electron chi connectivity index (χ4n) is 3.59. The number of amides is 1. The van der Waals surface area contributed by atoms with E-state index in [4.69, 9.17) is 0 Å². The zero-order valence-corrected chi connectivity index (χ0v) is 18.0. The number of thioether (sulfide) groups is 1. The van der Waals surface area contributed by atoms with Crippen molar-refractivity contribution in [3.05, 3.63) is 35.7 Å². The molecule has 1 heterocycles. The maximum Gasteiger partial charge on any atom is 0.233 e. The highest BCUT2D eigenvalue weighted by molar-refractivity contribution is 7.99. The summed E-state index contributed by atoms with van der Waals surface area (Å²) in [5.74, 6) is 2.23.